The van der Waals surface area contributed by atoms with E-state index in [4.69, 9.17) is 9.47 Å². The Morgan fingerprint density at radius 3 is 2.77 bits per heavy atom. The number of rotatable bonds is 5. The number of methoxy groups -OCH3 is 1. The van der Waals surface area contributed by atoms with Gasteiger partial charge in [0, 0.05) is 25.1 Å². The number of nitrogens with one attached hydrogen (secondary N) is 1. The molecule has 0 saturated heterocycles. The molecule has 0 amide bonds. The summed E-state index contributed by atoms with van der Waals surface area (Å²) in [7, 11) is 1.64. The minimum absolute atomic E-state index is 0.278. The standard InChI is InChI=1S/C20H23N3O3/c1-13-12-23-9-8-15-17(20(23)21-13)22-16(14-6-4-3-5-7-14)18(24)19(15)26-11-10-25-2/h3-9,12,16,18-19,22,24H,10-11H2,1-2H3/t16-,18-,19-/m1/s1. The highest BCUT2D eigenvalue weighted by molar-refractivity contribution is 5.74. The van der Waals surface area contributed by atoms with Crippen LogP contribution in [0.5, 0.6) is 0 Å². The Morgan fingerprint density at radius 2 is 2.00 bits per heavy atom. The molecule has 0 spiro atoms. The first-order valence-corrected chi connectivity index (χ1v) is 8.77. The highest BCUT2D eigenvalue weighted by Gasteiger charge is 2.38. The van der Waals surface area contributed by atoms with Gasteiger partial charge in [0.25, 0.3) is 0 Å². The van der Waals surface area contributed by atoms with Crippen LogP contribution in [0.1, 0.15) is 29.0 Å². The number of aliphatic hydroxyl groups excluding tert-OH is 1. The average Bonchev–Trinajstić information content (AvgIpc) is 3.04. The third-order valence-electron chi connectivity index (χ3n) is 4.78. The molecule has 4 rings (SSSR count). The van der Waals surface area contributed by atoms with Gasteiger partial charge in [-0.25, -0.2) is 4.98 Å². The Bertz CT molecular complexity index is 894. The first kappa shape index (κ1) is 17.0. The molecule has 1 aromatic carbocycles. The molecule has 3 heterocycles. The first-order valence-electron chi connectivity index (χ1n) is 8.77. The van der Waals surface area contributed by atoms with Crippen LogP contribution in [0.4, 0.5) is 5.69 Å². The van der Waals surface area contributed by atoms with Crippen LogP contribution < -0.4 is 5.32 Å². The largest absolute Gasteiger partial charge is 0.388 e. The van der Waals surface area contributed by atoms with E-state index < -0.39 is 12.2 Å². The second-order valence-electron chi connectivity index (χ2n) is 6.57. The van der Waals surface area contributed by atoms with Crippen LogP contribution in [0.25, 0.3) is 5.65 Å². The number of anilines is 1. The molecule has 1 aliphatic heterocycles. The average molecular weight is 353 g/mol. The fraction of sp³-hybridized carbons (Fsp3) is 0.350. The SMILES string of the molecule is COCCO[C@@H]1c2ccn3cc(C)nc3c2N[C@H](c2ccccc2)[C@H]1O. The van der Waals surface area contributed by atoms with Crippen molar-refractivity contribution < 1.29 is 14.6 Å². The van der Waals surface area contributed by atoms with Crippen molar-refractivity contribution >= 4 is 11.3 Å². The second kappa shape index (κ2) is 7.07. The number of fused-ring (bicyclic) bond motifs is 3. The predicted molar refractivity (Wildman–Crippen MR) is 99.3 cm³/mol. The smallest absolute Gasteiger partial charge is 0.160 e. The topological polar surface area (TPSA) is 68.0 Å². The lowest BCUT2D eigenvalue weighted by Gasteiger charge is -2.38. The Kier molecular flexibility index (Phi) is 4.63. The van der Waals surface area contributed by atoms with E-state index in [0.29, 0.717) is 13.2 Å². The van der Waals surface area contributed by atoms with E-state index in [2.05, 4.69) is 10.3 Å². The number of ether oxygens (including phenoxy) is 2. The molecule has 0 unspecified atom stereocenters. The van der Waals surface area contributed by atoms with Crippen LogP contribution in [-0.4, -0.2) is 40.9 Å². The van der Waals surface area contributed by atoms with Crippen molar-refractivity contribution in [1.82, 2.24) is 9.38 Å². The van der Waals surface area contributed by atoms with E-state index in [9.17, 15) is 5.11 Å². The molecule has 3 atom stereocenters. The minimum atomic E-state index is -0.722. The first-order chi connectivity index (χ1) is 12.7. The van der Waals surface area contributed by atoms with Crippen molar-refractivity contribution in [3.05, 3.63) is 65.6 Å². The second-order valence-corrected chi connectivity index (χ2v) is 6.57. The molecule has 6 nitrogen and oxygen atoms in total. The Hall–Kier alpha value is -2.41. The van der Waals surface area contributed by atoms with Crippen molar-refractivity contribution in [2.75, 3.05) is 25.6 Å². The van der Waals surface area contributed by atoms with E-state index >= 15 is 0 Å². The molecular formula is C20H23N3O3. The number of imidazole rings is 1. The predicted octanol–water partition coefficient (Wildman–Crippen LogP) is 2.87. The summed E-state index contributed by atoms with van der Waals surface area (Å²) in [5.74, 6) is 0. The zero-order valence-electron chi connectivity index (χ0n) is 14.9. The summed E-state index contributed by atoms with van der Waals surface area (Å²) < 4.78 is 13.1. The number of aromatic nitrogens is 2. The fourth-order valence-electron chi connectivity index (χ4n) is 3.56. The molecular weight excluding hydrogens is 330 g/mol. The zero-order chi connectivity index (χ0) is 18.1. The summed E-state index contributed by atoms with van der Waals surface area (Å²) in [6.45, 7) is 2.86. The minimum Gasteiger partial charge on any atom is -0.388 e. The monoisotopic (exact) mass is 353 g/mol. The Balaban J connectivity index is 1.80. The van der Waals surface area contributed by atoms with Gasteiger partial charge in [-0.05, 0) is 18.6 Å². The molecule has 0 aliphatic carbocycles. The number of aryl methyl sites for hydroxylation is 1. The van der Waals surface area contributed by atoms with Crippen LogP contribution in [0.3, 0.4) is 0 Å². The molecule has 6 heteroatoms. The van der Waals surface area contributed by atoms with Crippen molar-refractivity contribution in [2.45, 2.75) is 25.2 Å². The van der Waals surface area contributed by atoms with Gasteiger partial charge in [0.05, 0.1) is 30.6 Å². The summed E-state index contributed by atoms with van der Waals surface area (Å²) in [6, 6.07) is 11.6. The van der Waals surface area contributed by atoms with Crippen molar-refractivity contribution in [2.24, 2.45) is 0 Å². The third kappa shape index (κ3) is 2.96. The summed E-state index contributed by atoms with van der Waals surface area (Å²) >= 11 is 0. The van der Waals surface area contributed by atoms with Crippen molar-refractivity contribution in [3.8, 4) is 0 Å². The van der Waals surface area contributed by atoms with Crippen LogP contribution in [0.2, 0.25) is 0 Å². The quantitative estimate of drug-likeness (QED) is 0.691. The molecule has 2 aromatic heterocycles. The van der Waals surface area contributed by atoms with Gasteiger partial charge in [-0.3, -0.25) is 0 Å². The molecule has 3 aromatic rings. The van der Waals surface area contributed by atoms with E-state index in [1.807, 2.05) is 60.1 Å². The van der Waals surface area contributed by atoms with Gasteiger partial charge in [-0.1, -0.05) is 30.3 Å². The van der Waals surface area contributed by atoms with Crippen LogP contribution >= 0.6 is 0 Å². The van der Waals surface area contributed by atoms with Gasteiger partial charge >= 0.3 is 0 Å². The lowest BCUT2D eigenvalue weighted by molar-refractivity contribution is -0.0633. The fourth-order valence-corrected chi connectivity index (χ4v) is 3.56. The van der Waals surface area contributed by atoms with Gasteiger partial charge in [0.2, 0.25) is 0 Å². The Morgan fingerprint density at radius 1 is 1.19 bits per heavy atom. The van der Waals surface area contributed by atoms with Gasteiger partial charge in [-0.15, -0.1) is 0 Å². The maximum absolute atomic E-state index is 11.1. The van der Waals surface area contributed by atoms with Crippen LogP contribution in [0.15, 0.2) is 48.8 Å². The molecule has 0 radical (unpaired) electrons. The van der Waals surface area contributed by atoms with Gasteiger partial charge in [0.15, 0.2) is 5.65 Å². The molecule has 136 valence electrons. The normalized spacial score (nSPS) is 22.2. The van der Waals surface area contributed by atoms with Crippen LogP contribution in [-0.2, 0) is 9.47 Å². The van der Waals surface area contributed by atoms with Crippen molar-refractivity contribution in [3.63, 3.8) is 0 Å². The highest BCUT2D eigenvalue weighted by atomic mass is 16.5. The molecule has 0 fully saturated rings. The highest BCUT2D eigenvalue weighted by Crippen LogP contribution is 2.42. The number of aliphatic hydroxyl groups is 1. The number of hydrogen-bond donors (Lipinski definition) is 2. The number of nitrogens with zero attached hydrogens (tertiary/aromatic N) is 2. The van der Waals surface area contributed by atoms with Crippen LogP contribution in [0, 0.1) is 6.92 Å². The van der Waals surface area contributed by atoms with E-state index in [1.165, 1.54) is 0 Å². The summed E-state index contributed by atoms with van der Waals surface area (Å²) in [5, 5.41) is 14.5. The number of benzene rings is 1. The third-order valence-corrected chi connectivity index (χ3v) is 4.78. The molecule has 1 aliphatic rings. The lowest BCUT2D eigenvalue weighted by atomic mass is 9.89. The lowest BCUT2D eigenvalue weighted by Crippen LogP contribution is -2.38. The molecule has 0 saturated carbocycles. The van der Waals surface area contributed by atoms with E-state index in [1.54, 1.807) is 7.11 Å². The number of pyridine rings is 1. The maximum atomic E-state index is 11.1. The summed E-state index contributed by atoms with van der Waals surface area (Å²) in [4.78, 5) is 4.65. The zero-order valence-corrected chi connectivity index (χ0v) is 14.9. The number of hydrogen-bond acceptors (Lipinski definition) is 5. The van der Waals surface area contributed by atoms with E-state index in [0.717, 1.165) is 28.2 Å². The van der Waals surface area contributed by atoms with Gasteiger partial charge in [-0.2, -0.15) is 0 Å². The van der Waals surface area contributed by atoms with Gasteiger partial charge < -0.3 is 24.3 Å². The summed E-state index contributed by atoms with van der Waals surface area (Å²) in [6.07, 6.45) is 2.77. The molecule has 2 N–H and O–H groups in total. The molecule has 26 heavy (non-hydrogen) atoms. The van der Waals surface area contributed by atoms with E-state index in [-0.39, 0.29) is 6.04 Å². The Labute approximate surface area is 152 Å². The van der Waals surface area contributed by atoms with Crippen molar-refractivity contribution in [1.29, 1.82) is 0 Å². The molecule has 0 bridgehead atoms. The van der Waals surface area contributed by atoms with Gasteiger partial charge in [0.1, 0.15) is 12.2 Å². The maximum Gasteiger partial charge on any atom is 0.160 e. The summed E-state index contributed by atoms with van der Waals surface area (Å²) in [5.41, 5.74) is 4.62.